The quantitative estimate of drug-likeness (QED) is 0.847. The fourth-order valence-corrected chi connectivity index (χ4v) is 2.71. The van der Waals surface area contributed by atoms with E-state index >= 15 is 0 Å². The fraction of sp³-hybridized carbons (Fsp3) is 0.600. The minimum Gasteiger partial charge on any atom is -0.382 e. The lowest BCUT2D eigenvalue weighted by Crippen LogP contribution is -2.27. The smallest absolute Gasteiger partial charge is 0.194 e. The van der Waals surface area contributed by atoms with Crippen molar-refractivity contribution in [3.8, 4) is 0 Å². The van der Waals surface area contributed by atoms with Gasteiger partial charge < -0.3 is 10.2 Å². The maximum Gasteiger partial charge on any atom is 0.194 e. The molecular formula is C15H21F3N2. The van der Waals surface area contributed by atoms with E-state index in [1.54, 1.807) is 0 Å². The molecule has 1 heterocycles. The van der Waals surface area contributed by atoms with Gasteiger partial charge in [-0.3, -0.25) is 0 Å². The number of rotatable bonds is 4. The Morgan fingerprint density at radius 2 is 1.85 bits per heavy atom. The molecule has 1 N–H and O–H groups in total. The molecule has 0 aliphatic carbocycles. The van der Waals surface area contributed by atoms with Gasteiger partial charge in [-0.2, -0.15) is 0 Å². The zero-order valence-electron chi connectivity index (χ0n) is 11.8. The predicted molar refractivity (Wildman–Crippen MR) is 74.3 cm³/mol. The Labute approximate surface area is 118 Å². The van der Waals surface area contributed by atoms with Crippen molar-refractivity contribution < 1.29 is 13.2 Å². The first kappa shape index (κ1) is 15.2. The van der Waals surface area contributed by atoms with E-state index in [-0.39, 0.29) is 6.04 Å². The number of hydrogen-bond donors (Lipinski definition) is 1. The number of nitrogens with zero attached hydrogens (tertiary/aromatic N) is 1. The lowest BCUT2D eigenvalue weighted by Gasteiger charge is -2.20. The van der Waals surface area contributed by atoms with E-state index in [1.165, 1.54) is 0 Å². The predicted octanol–water partition coefficient (Wildman–Crippen LogP) is 3.78. The van der Waals surface area contributed by atoms with Gasteiger partial charge in [0.1, 0.15) is 0 Å². The van der Waals surface area contributed by atoms with Crippen LogP contribution in [0.5, 0.6) is 0 Å². The molecule has 20 heavy (non-hydrogen) atoms. The molecule has 2 nitrogen and oxygen atoms in total. The highest BCUT2D eigenvalue weighted by molar-refractivity contribution is 5.45. The molecule has 1 fully saturated rings. The first-order valence-electron chi connectivity index (χ1n) is 7.23. The number of halogens is 3. The lowest BCUT2D eigenvalue weighted by atomic mass is 10.1. The zero-order valence-corrected chi connectivity index (χ0v) is 11.8. The molecule has 5 heteroatoms. The minimum absolute atomic E-state index is 0.182. The Hall–Kier alpha value is -1.23. The number of hydrogen-bond acceptors (Lipinski definition) is 2. The summed E-state index contributed by atoms with van der Waals surface area (Å²) in [5, 5.41) is 3.12. The molecule has 0 saturated carbocycles. The second kappa shape index (κ2) is 6.97. The summed E-state index contributed by atoms with van der Waals surface area (Å²) < 4.78 is 39.3. The van der Waals surface area contributed by atoms with Gasteiger partial charge in [0.05, 0.1) is 0 Å². The molecule has 0 amide bonds. The van der Waals surface area contributed by atoms with Crippen molar-refractivity contribution in [3.05, 3.63) is 29.6 Å². The molecule has 112 valence electrons. The Bertz CT molecular complexity index is 428. The first-order chi connectivity index (χ1) is 9.60. The summed E-state index contributed by atoms with van der Waals surface area (Å²) in [6.45, 7) is 5.30. The van der Waals surface area contributed by atoms with Crippen LogP contribution in [0.25, 0.3) is 0 Å². The van der Waals surface area contributed by atoms with Crippen molar-refractivity contribution in [2.24, 2.45) is 0 Å². The highest BCUT2D eigenvalue weighted by Gasteiger charge is 2.18. The molecule has 1 aromatic rings. The summed E-state index contributed by atoms with van der Waals surface area (Å²) in [5.41, 5.74) is 0.315. The molecule has 0 spiro atoms. The van der Waals surface area contributed by atoms with Gasteiger partial charge in [-0.25, -0.2) is 13.2 Å². The van der Waals surface area contributed by atoms with Crippen molar-refractivity contribution in [2.75, 3.05) is 25.0 Å². The van der Waals surface area contributed by atoms with Crippen LogP contribution in [-0.2, 0) is 0 Å². The van der Waals surface area contributed by atoms with E-state index < -0.39 is 17.5 Å². The Morgan fingerprint density at radius 1 is 1.15 bits per heavy atom. The summed E-state index contributed by atoms with van der Waals surface area (Å²) in [6.07, 6.45) is 4.08. The molecule has 1 saturated heterocycles. The summed E-state index contributed by atoms with van der Waals surface area (Å²) in [7, 11) is 0. The van der Waals surface area contributed by atoms with Crippen molar-refractivity contribution in [3.63, 3.8) is 0 Å². The second-order valence-corrected chi connectivity index (χ2v) is 5.37. The van der Waals surface area contributed by atoms with E-state index in [1.807, 2.05) is 0 Å². The van der Waals surface area contributed by atoms with E-state index in [9.17, 15) is 13.2 Å². The topological polar surface area (TPSA) is 15.3 Å². The lowest BCUT2D eigenvalue weighted by molar-refractivity contribution is 0.285. The van der Waals surface area contributed by atoms with Gasteiger partial charge in [0.15, 0.2) is 17.5 Å². The first-order valence-corrected chi connectivity index (χ1v) is 7.23. The van der Waals surface area contributed by atoms with Crippen LogP contribution >= 0.6 is 0 Å². The zero-order chi connectivity index (χ0) is 14.5. The molecule has 1 aromatic carbocycles. The average Bonchev–Trinajstić information content (AvgIpc) is 2.62. The van der Waals surface area contributed by atoms with Crippen LogP contribution in [0.2, 0.25) is 0 Å². The van der Waals surface area contributed by atoms with E-state index in [2.05, 4.69) is 17.1 Å². The minimum atomic E-state index is -1.41. The molecule has 0 radical (unpaired) electrons. The van der Waals surface area contributed by atoms with Gasteiger partial charge in [0.2, 0.25) is 0 Å². The molecular weight excluding hydrogens is 265 g/mol. The average molecular weight is 286 g/mol. The van der Waals surface area contributed by atoms with Gasteiger partial charge in [-0.1, -0.05) is 6.92 Å². The molecule has 1 atom stereocenters. The van der Waals surface area contributed by atoms with Gasteiger partial charge in [0.25, 0.3) is 0 Å². The van der Waals surface area contributed by atoms with Crippen molar-refractivity contribution >= 4 is 5.69 Å². The largest absolute Gasteiger partial charge is 0.382 e. The number of nitrogens with one attached hydrogen (secondary N) is 1. The summed E-state index contributed by atoms with van der Waals surface area (Å²) >= 11 is 0. The van der Waals surface area contributed by atoms with E-state index in [0.29, 0.717) is 5.69 Å². The van der Waals surface area contributed by atoms with Crippen LogP contribution < -0.4 is 5.32 Å². The molecule has 2 rings (SSSR count). The highest BCUT2D eigenvalue weighted by Crippen LogP contribution is 2.21. The maximum absolute atomic E-state index is 13.2. The Balaban J connectivity index is 1.96. The summed E-state index contributed by atoms with van der Waals surface area (Å²) in [5.74, 6) is -3.70. The van der Waals surface area contributed by atoms with Crippen LogP contribution in [0.1, 0.15) is 32.6 Å². The Kier molecular flexibility index (Phi) is 5.29. The van der Waals surface area contributed by atoms with E-state index in [0.717, 1.165) is 57.5 Å². The molecule has 1 aliphatic heterocycles. The van der Waals surface area contributed by atoms with Crippen molar-refractivity contribution in [1.82, 2.24) is 4.90 Å². The highest BCUT2D eigenvalue weighted by atomic mass is 19.2. The van der Waals surface area contributed by atoms with Crippen LogP contribution in [0.4, 0.5) is 18.9 Å². The van der Waals surface area contributed by atoms with Crippen LogP contribution in [0, 0.1) is 17.5 Å². The number of anilines is 1. The number of likely N-dealkylation sites (tertiary alicyclic amines) is 1. The third-order valence-electron chi connectivity index (χ3n) is 3.72. The molecule has 0 bridgehead atoms. The Morgan fingerprint density at radius 3 is 2.50 bits per heavy atom. The SMILES string of the molecule is CCCN1CCCC(Nc2cc(F)c(F)c(F)c2)CC1. The van der Waals surface area contributed by atoms with Crippen LogP contribution in [0.15, 0.2) is 12.1 Å². The maximum atomic E-state index is 13.2. The van der Waals surface area contributed by atoms with Crippen molar-refractivity contribution in [1.29, 1.82) is 0 Å². The third kappa shape index (κ3) is 3.88. The van der Waals surface area contributed by atoms with Crippen LogP contribution in [0.3, 0.4) is 0 Å². The fourth-order valence-electron chi connectivity index (χ4n) is 2.71. The summed E-state index contributed by atoms with van der Waals surface area (Å²) in [4.78, 5) is 2.41. The molecule has 0 aromatic heterocycles. The molecule has 1 aliphatic rings. The van der Waals surface area contributed by atoms with Gasteiger partial charge in [-0.15, -0.1) is 0 Å². The summed E-state index contributed by atoms with van der Waals surface area (Å²) in [6, 6.07) is 2.22. The second-order valence-electron chi connectivity index (χ2n) is 5.37. The van der Waals surface area contributed by atoms with E-state index in [4.69, 9.17) is 0 Å². The molecule has 1 unspecified atom stereocenters. The monoisotopic (exact) mass is 286 g/mol. The van der Waals surface area contributed by atoms with Gasteiger partial charge in [0, 0.05) is 30.4 Å². The van der Waals surface area contributed by atoms with Gasteiger partial charge >= 0.3 is 0 Å². The van der Waals surface area contributed by atoms with Gasteiger partial charge in [-0.05, 0) is 38.8 Å². The standard InChI is InChI=1S/C15H21F3N2/c1-2-6-20-7-3-4-11(5-8-20)19-12-9-13(16)15(18)14(17)10-12/h9-11,19H,2-8H2,1H3. The normalized spacial score (nSPS) is 20.7. The third-order valence-corrected chi connectivity index (χ3v) is 3.72. The number of benzene rings is 1. The van der Waals surface area contributed by atoms with Crippen LogP contribution in [-0.4, -0.2) is 30.6 Å². The van der Waals surface area contributed by atoms with Crippen molar-refractivity contribution in [2.45, 2.75) is 38.6 Å².